The summed E-state index contributed by atoms with van der Waals surface area (Å²) in [4.78, 5) is 18.1. The third-order valence-electron chi connectivity index (χ3n) is 5.53. The topological polar surface area (TPSA) is 51.7 Å². The summed E-state index contributed by atoms with van der Waals surface area (Å²) in [5, 5.41) is 3.40. The summed E-state index contributed by atoms with van der Waals surface area (Å²) in [6.07, 6.45) is -3.95. The minimum atomic E-state index is -4.70. The normalized spacial score (nSPS) is 16.1. The Morgan fingerprint density at radius 1 is 1.32 bits per heavy atom. The van der Waals surface area contributed by atoms with E-state index in [2.05, 4.69) is 9.94 Å². The predicted octanol–water partition coefficient (Wildman–Crippen LogP) is 4.96. The Hall–Kier alpha value is -2.44. The molecule has 31 heavy (non-hydrogen) atoms. The fourth-order valence-corrected chi connectivity index (χ4v) is 4.06. The molecule has 2 heterocycles. The average molecular weight is 475 g/mol. The van der Waals surface area contributed by atoms with E-state index in [9.17, 15) is 18.0 Å². The van der Waals surface area contributed by atoms with Gasteiger partial charge in [-0.25, -0.2) is 6.57 Å². The number of alkyl halides is 3. The number of amides is 1. The molecule has 1 saturated heterocycles. The van der Waals surface area contributed by atoms with Crippen LogP contribution in [0, 0.1) is 13.5 Å². The SMILES string of the molecule is [C-]#[N+]C1(c2ccc(Cl)c(OC)c2)CCN(C(=O)Cn2nc(C(F)(F)F)c(Cl)c2C)CC1. The minimum absolute atomic E-state index is 0.0723. The zero-order chi connectivity index (χ0) is 23.0. The monoisotopic (exact) mass is 474 g/mol. The lowest BCUT2D eigenvalue weighted by Crippen LogP contribution is -2.45. The Kier molecular flexibility index (Phi) is 6.44. The molecule has 0 N–H and O–H groups in total. The number of benzene rings is 1. The molecule has 1 aliphatic heterocycles. The second-order valence-electron chi connectivity index (χ2n) is 7.28. The summed E-state index contributed by atoms with van der Waals surface area (Å²) >= 11 is 11.8. The molecule has 11 heteroatoms. The zero-order valence-electron chi connectivity index (χ0n) is 16.8. The lowest BCUT2D eigenvalue weighted by atomic mass is 9.81. The van der Waals surface area contributed by atoms with Crippen molar-refractivity contribution in [3.05, 3.63) is 56.6 Å². The zero-order valence-corrected chi connectivity index (χ0v) is 18.3. The number of nitrogens with zero attached hydrogens (tertiary/aromatic N) is 4. The van der Waals surface area contributed by atoms with E-state index in [1.165, 1.54) is 18.9 Å². The second-order valence-corrected chi connectivity index (χ2v) is 8.06. The van der Waals surface area contributed by atoms with Gasteiger partial charge in [0.1, 0.15) is 12.3 Å². The number of methoxy groups -OCH3 is 1. The summed E-state index contributed by atoms with van der Waals surface area (Å²) in [6, 6.07) is 5.17. The molecule has 0 saturated carbocycles. The maximum atomic E-state index is 13.0. The van der Waals surface area contributed by atoms with Crippen molar-refractivity contribution < 1.29 is 22.7 Å². The van der Waals surface area contributed by atoms with Crippen LogP contribution in [-0.2, 0) is 23.1 Å². The van der Waals surface area contributed by atoms with E-state index in [0.29, 0.717) is 23.6 Å². The molecule has 2 aromatic rings. The molecule has 1 aliphatic rings. The molecule has 0 aliphatic carbocycles. The number of hydrogen-bond donors (Lipinski definition) is 0. The van der Waals surface area contributed by atoms with E-state index < -0.39 is 22.4 Å². The number of aromatic nitrogens is 2. The first-order chi connectivity index (χ1) is 14.5. The standard InChI is InChI=1S/C20H19Cl2F3N4O2/c1-12-17(22)18(20(23,24)25)27-29(12)11-16(30)28-8-6-19(26-2,7-9-28)13-4-5-14(21)15(10-13)31-3/h4-5,10H,6-9,11H2,1,3H3. The second kappa shape index (κ2) is 8.60. The van der Waals surface area contributed by atoms with E-state index in [0.717, 1.165) is 10.2 Å². The Bertz CT molecular complexity index is 1040. The molecular formula is C20H19Cl2F3N4O2. The largest absolute Gasteiger partial charge is 0.495 e. The van der Waals surface area contributed by atoms with Crippen LogP contribution in [0.3, 0.4) is 0 Å². The summed E-state index contributed by atoms with van der Waals surface area (Å²) in [7, 11) is 1.49. The highest BCUT2D eigenvalue weighted by atomic mass is 35.5. The highest BCUT2D eigenvalue weighted by molar-refractivity contribution is 6.32. The molecule has 1 amide bonds. The Labute approximate surface area is 187 Å². The van der Waals surface area contributed by atoms with E-state index in [4.69, 9.17) is 34.5 Å². The van der Waals surface area contributed by atoms with Crippen molar-refractivity contribution in [2.24, 2.45) is 0 Å². The molecule has 6 nitrogen and oxygen atoms in total. The van der Waals surface area contributed by atoms with Crippen molar-refractivity contribution in [1.29, 1.82) is 0 Å². The summed E-state index contributed by atoms with van der Waals surface area (Å²) in [5.74, 6) is 0.0791. The van der Waals surface area contributed by atoms with Gasteiger partial charge in [-0.3, -0.25) is 9.48 Å². The first-order valence-corrected chi connectivity index (χ1v) is 10.1. The van der Waals surface area contributed by atoms with Crippen LogP contribution < -0.4 is 4.74 Å². The van der Waals surface area contributed by atoms with Crippen LogP contribution in [0.25, 0.3) is 4.85 Å². The van der Waals surface area contributed by atoms with Crippen molar-refractivity contribution in [2.45, 2.75) is 38.0 Å². The van der Waals surface area contributed by atoms with Gasteiger partial charge in [-0.1, -0.05) is 23.2 Å². The molecular weight excluding hydrogens is 456 g/mol. The number of hydrogen-bond acceptors (Lipinski definition) is 3. The summed E-state index contributed by atoms with van der Waals surface area (Å²) in [5.41, 5.74) is -1.21. The van der Waals surface area contributed by atoms with Crippen molar-refractivity contribution in [2.75, 3.05) is 20.2 Å². The maximum absolute atomic E-state index is 13.0. The number of halogens is 5. The van der Waals surface area contributed by atoms with Crippen LogP contribution in [-0.4, -0.2) is 40.8 Å². The lowest BCUT2D eigenvalue weighted by Gasteiger charge is -2.34. The van der Waals surface area contributed by atoms with Gasteiger partial charge in [0.25, 0.3) is 5.54 Å². The predicted molar refractivity (Wildman–Crippen MR) is 109 cm³/mol. The number of piperidine rings is 1. The molecule has 0 spiro atoms. The van der Waals surface area contributed by atoms with Gasteiger partial charge in [-0.05, 0) is 25.1 Å². The van der Waals surface area contributed by atoms with Gasteiger partial charge in [-0.2, -0.15) is 18.3 Å². The molecule has 1 aromatic heterocycles. The first-order valence-electron chi connectivity index (χ1n) is 9.33. The van der Waals surface area contributed by atoms with Crippen LogP contribution in [0.5, 0.6) is 5.75 Å². The highest BCUT2D eigenvalue weighted by Gasteiger charge is 2.44. The molecule has 0 unspecified atom stereocenters. The van der Waals surface area contributed by atoms with Gasteiger partial charge >= 0.3 is 6.18 Å². The Morgan fingerprint density at radius 3 is 2.48 bits per heavy atom. The molecule has 3 rings (SSSR count). The summed E-state index contributed by atoms with van der Waals surface area (Å²) < 4.78 is 45.2. The molecule has 0 bridgehead atoms. The van der Waals surface area contributed by atoms with Crippen molar-refractivity contribution in [3.63, 3.8) is 0 Å². The van der Waals surface area contributed by atoms with E-state index in [-0.39, 0.29) is 31.2 Å². The third-order valence-corrected chi connectivity index (χ3v) is 6.30. The molecule has 0 radical (unpaired) electrons. The van der Waals surface area contributed by atoms with E-state index in [1.54, 1.807) is 18.2 Å². The average Bonchev–Trinajstić information content (AvgIpc) is 3.02. The van der Waals surface area contributed by atoms with Crippen LogP contribution >= 0.6 is 23.2 Å². The fraction of sp³-hybridized carbons (Fsp3) is 0.450. The van der Waals surface area contributed by atoms with Crippen LogP contribution in [0.4, 0.5) is 13.2 Å². The van der Waals surface area contributed by atoms with Crippen molar-refractivity contribution in [1.82, 2.24) is 14.7 Å². The van der Waals surface area contributed by atoms with E-state index >= 15 is 0 Å². The quantitative estimate of drug-likeness (QED) is 0.588. The van der Waals surface area contributed by atoms with Gasteiger partial charge in [0.05, 0.1) is 22.8 Å². The third kappa shape index (κ3) is 4.46. The van der Waals surface area contributed by atoms with Gasteiger partial charge in [0.2, 0.25) is 5.91 Å². The van der Waals surface area contributed by atoms with Crippen LogP contribution in [0.1, 0.15) is 29.8 Å². The van der Waals surface area contributed by atoms with Crippen molar-refractivity contribution >= 4 is 29.1 Å². The number of carbonyl (C=O) groups excluding carboxylic acids is 1. The van der Waals surface area contributed by atoms with Gasteiger partial charge in [0, 0.05) is 31.5 Å². The molecule has 0 atom stereocenters. The van der Waals surface area contributed by atoms with E-state index in [1.807, 2.05) is 0 Å². The Balaban J connectivity index is 1.73. The van der Waals surface area contributed by atoms with Gasteiger partial charge in [0.15, 0.2) is 5.69 Å². The smallest absolute Gasteiger partial charge is 0.436 e. The first kappa shape index (κ1) is 23.2. The maximum Gasteiger partial charge on any atom is 0.436 e. The lowest BCUT2D eigenvalue weighted by molar-refractivity contribution is -0.142. The molecule has 166 valence electrons. The molecule has 1 aromatic carbocycles. The van der Waals surface area contributed by atoms with Gasteiger partial charge < -0.3 is 14.5 Å². The fourth-order valence-electron chi connectivity index (χ4n) is 3.63. The number of ether oxygens (including phenoxy) is 1. The number of carbonyl (C=O) groups is 1. The van der Waals surface area contributed by atoms with Gasteiger partial charge in [-0.15, -0.1) is 0 Å². The number of likely N-dealkylation sites (tertiary alicyclic amines) is 1. The van der Waals surface area contributed by atoms with Crippen LogP contribution in [0.2, 0.25) is 10.0 Å². The molecule has 1 fully saturated rings. The minimum Gasteiger partial charge on any atom is -0.495 e. The van der Waals surface area contributed by atoms with Crippen LogP contribution in [0.15, 0.2) is 18.2 Å². The summed E-state index contributed by atoms with van der Waals surface area (Å²) in [6.45, 7) is 9.33. The highest BCUT2D eigenvalue weighted by Crippen LogP contribution is 2.40. The Morgan fingerprint density at radius 2 is 1.97 bits per heavy atom. The number of rotatable bonds is 4. The van der Waals surface area contributed by atoms with Crippen molar-refractivity contribution in [3.8, 4) is 5.75 Å².